The molecular weight excluding hydrogens is 379 g/mol. The van der Waals surface area contributed by atoms with Gasteiger partial charge in [-0.05, 0) is 11.8 Å². The summed E-state index contributed by atoms with van der Waals surface area (Å²) in [6.07, 6.45) is -4.19. The largest absolute Gasteiger partial charge is 0.459 e. The fourth-order valence-electron chi connectivity index (χ4n) is 2.38. The number of thioether (sulfide) groups is 1. The topological polar surface area (TPSA) is 61.4 Å². The van der Waals surface area contributed by atoms with Crippen LogP contribution in [-0.4, -0.2) is 41.2 Å². The van der Waals surface area contributed by atoms with Gasteiger partial charge in [-0.15, -0.1) is 22.0 Å². The Hall–Kier alpha value is -2.24. The Morgan fingerprint density at radius 2 is 1.81 bits per heavy atom. The second-order valence-corrected chi connectivity index (χ2v) is 6.70. The molecule has 3 aromatic heterocycles. The van der Waals surface area contributed by atoms with Crippen LogP contribution in [0.25, 0.3) is 22.7 Å². The van der Waals surface area contributed by atoms with Crippen molar-refractivity contribution in [1.82, 2.24) is 29.3 Å². The highest BCUT2D eigenvalue weighted by Crippen LogP contribution is 2.43. The van der Waals surface area contributed by atoms with Gasteiger partial charge in [-0.3, -0.25) is 0 Å². The van der Waals surface area contributed by atoms with Crippen molar-refractivity contribution in [3.05, 3.63) is 18.1 Å². The Morgan fingerprint density at radius 1 is 1.12 bits per heavy atom. The number of hydrogen-bond acceptors (Lipinski definition) is 5. The molecule has 26 heavy (non-hydrogen) atoms. The number of rotatable bonds is 4. The summed E-state index contributed by atoms with van der Waals surface area (Å²) in [7, 11) is 3.36. The normalized spacial score (nSPS) is 12.9. The van der Waals surface area contributed by atoms with Crippen LogP contribution >= 0.6 is 11.8 Å². The first kappa shape index (κ1) is 18.5. The lowest BCUT2D eigenvalue weighted by Gasteiger charge is -2.17. The molecule has 0 aliphatic heterocycles. The molecule has 0 bridgehead atoms. The van der Waals surface area contributed by atoms with Crippen LogP contribution in [0.2, 0.25) is 0 Å². The van der Waals surface area contributed by atoms with E-state index in [1.807, 2.05) is 6.92 Å². The van der Waals surface area contributed by atoms with E-state index in [2.05, 4.69) is 20.2 Å². The Bertz CT molecular complexity index is 961. The first-order valence-electron chi connectivity index (χ1n) is 7.37. The molecule has 0 aromatic carbocycles. The number of hydrogen-bond donors (Lipinski definition) is 0. The quantitative estimate of drug-likeness (QED) is 0.502. The molecule has 0 saturated carbocycles. The molecule has 12 heteroatoms. The van der Waals surface area contributed by atoms with Gasteiger partial charge in [-0.25, -0.2) is 9.97 Å². The highest BCUT2D eigenvalue weighted by atomic mass is 32.2. The standard InChI is InChI=1S/C14H13F5N6S/c1-4-26-12-9(20-6-24(12)2)11-21-7-5-8(13(15,16)14(17,18)19)22-23-10(7)25(11)3/h5-6H,4H2,1-3H3. The molecule has 0 spiro atoms. The molecule has 0 fully saturated rings. The van der Waals surface area contributed by atoms with Gasteiger partial charge < -0.3 is 9.13 Å². The molecule has 3 aromatic rings. The summed E-state index contributed by atoms with van der Waals surface area (Å²) in [6.45, 7) is 1.95. The maximum atomic E-state index is 13.5. The first-order valence-corrected chi connectivity index (χ1v) is 8.36. The Balaban J connectivity index is 2.15. The van der Waals surface area contributed by atoms with Crippen molar-refractivity contribution in [2.45, 2.75) is 24.0 Å². The lowest BCUT2D eigenvalue weighted by molar-refractivity contribution is -0.291. The molecule has 0 saturated heterocycles. The minimum Gasteiger partial charge on any atom is -0.328 e. The van der Waals surface area contributed by atoms with E-state index in [0.29, 0.717) is 17.6 Å². The predicted molar refractivity (Wildman–Crippen MR) is 84.9 cm³/mol. The van der Waals surface area contributed by atoms with Gasteiger partial charge in [-0.2, -0.15) is 22.0 Å². The second-order valence-electron chi connectivity index (χ2n) is 5.45. The number of alkyl halides is 5. The zero-order valence-electron chi connectivity index (χ0n) is 13.8. The van der Waals surface area contributed by atoms with E-state index in [0.717, 1.165) is 10.8 Å². The summed E-state index contributed by atoms with van der Waals surface area (Å²) in [6, 6.07) is 0.606. The number of fused-ring (bicyclic) bond motifs is 1. The fourth-order valence-corrected chi connectivity index (χ4v) is 3.18. The number of halogens is 5. The smallest absolute Gasteiger partial charge is 0.328 e. The van der Waals surface area contributed by atoms with Crippen LogP contribution in [-0.2, 0) is 20.0 Å². The van der Waals surface area contributed by atoms with Crippen molar-refractivity contribution < 1.29 is 22.0 Å². The van der Waals surface area contributed by atoms with Crippen LogP contribution in [0.4, 0.5) is 22.0 Å². The molecule has 0 N–H and O–H groups in total. The number of nitrogens with zero attached hydrogens (tertiary/aromatic N) is 6. The van der Waals surface area contributed by atoms with Crippen molar-refractivity contribution in [2.24, 2.45) is 14.1 Å². The number of aromatic nitrogens is 6. The average molecular weight is 392 g/mol. The highest BCUT2D eigenvalue weighted by molar-refractivity contribution is 7.99. The number of aryl methyl sites for hydroxylation is 2. The minimum absolute atomic E-state index is 0.0832. The minimum atomic E-state index is -5.76. The summed E-state index contributed by atoms with van der Waals surface area (Å²) in [5.41, 5.74) is -1.04. The third-order valence-electron chi connectivity index (χ3n) is 3.67. The molecular formula is C14H13F5N6S. The third-order valence-corrected chi connectivity index (χ3v) is 4.71. The summed E-state index contributed by atoms with van der Waals surface area (Å²) in [5.74, 6) is -4.04. The molecule has 0 aliphatic rings. The van der Waals surface area contributed by atoms with Crippen molar-refractivity contribution in [2.75, 3.05) is 5.75 Å². The summed E-state index contributed by atoms with van der Waals surface area (Å²) >= 11 is 1.50. The van der Waals surface area contributed by atoms with Crippen LogP contribution in [0.3, 0.4) is 0 Å². The highest BCUT2D eigenvalue weighted by Gasteiger charge is 2.60. The first-order chi connectivity index (χ1) is 12.1. The van der Waals surface area contributed by atoms with E-state index >= 15 is 0 Å². The van der Waals surface area contributed by atoms with Crippen LogP contribution in [0.5, 0.6) is 0 Å². The number of imidazole rings is 2. The Morgan fingerprint density at radius 3 is 2.42 bits per heavy atom. The van der Waals surface area contributed by atoms with Crippen molar-refractivity contribution in [1.29, 1.82) is 0 Å². The zero-order valence-corrected chi connectivity index (χ0v) is 14.7. The summed E-state index contributed by atoms with van der Waals surface area (Å²) < 4.78 is 67.9. The van der Waals surface area contributed by atoms with Gasteiger partial charge in [0.2, 0.25) is 0 Å². The lowest BCUT2D eigenvalue weighted by atomic mass is 10.2. The van der Waals surface area contributed by atoms with Crippen LogP contribution in [0.1, 0.15) is 12.6 Å². The van der Waals surface area contributed by atoms with Gasteiger partial charge >= 0.3 is 12.1 Å². The van der Waals surface area contributed by atoms with Gasteiger partial charge in [0, 0.05) is 14.1 Å². The van der Waals surface area contributed by atoms with Gasteiger partial charge in [0.1, 0.15) is 21.9 Å². The molecule has 3 rings (SSSR count). The molecule has 3 heterocycles. The van der Waals surface area contributed by atoms with Crippen molar-refractivity contribution >= 4 is 22.9 Å². The monoisotopic (exact) mass is 392 g/mol. The SMILES string of the molecule is CCSc1c(-c2nc3cc(C(F)(F)C(F)(F)F)nnc3n2C)ncn1C. The maximum absolute atomic E-state index is 13.5. The van der Waals surface area contributed by atoms with E-state index in [4.69, 9.17) is 0 Å². The third kappa shape index (κ3) is 2.81. The molecule has 0 amide bonds. The van der Waals surface area contributed by atoms with E-state index in [1.165, 1.54) is 16.3 Å². The summed E-state index contributed by atoms with van der Waals surface area (Å²) in [5, 5.41) is 7.37. The van der Waals surface area contributed by atoms with Crippen molar-refractivity contribution in [3.63, 3.8) is 0 Å². The molecule has 0 aliphatic carbocycles. The van der Waals surface area contributed by atoms with Crippen LogP contribution in [0, 0.1) is 0 Å². The Kier molecular flexibility index (Phi) is 4.41. The summed E-state index contributed by atoms with van der Waals surface area (Å²) in [4.78, 5) is 8.42. The second kappa shape index (κ2) is 6.18. The molecule has 6 nitrogen and oxygen atoms in total. The predicted octanol–water partition coefficient (Wildman–Crippen LogP) is 3.53. The lowest BCUT2D eigenvalue weighted by Crippen LogP contribution is -2.34. The van der Waals surface area contributed by atoms with E-state index < -0.39 is 17.8 Å². The van der Waals surface area contributed by atoms with Gasteiger partial charge in [0.25, 0.3) is 0 Å². The molecule has 0 atom stereocenters. The van der Waals surface area contributed by atoms with Crippen LogP contribution < -0.4 is 0 Å². The van der Waals surface area contributed by atoms with Gasteiger partial charge in [0.15, 0.2) is 11.5 Å². The van der Waals surface area contributed by atoms with E-state index in [1.54, 1.807) is 25.0 Å². The fraction of sp³-hybridized carbons (Fsp3) is 0.429. The van der Waals surface area contributed by atoms with Crippen molar-refractivity contribution in [3.8, 4) is 11.5 Å². The van der Waals surface area contributed by atoms with Gasteiger partial charge in [-0.1, -0.05) is 6.92 Å². The van der Waals surface area contributed by atoms with E-state index in [9.17, 15) is 22.0 Å². The average Bonchev–Trinajstić information content (AvgIpc) is 3.07. The van der Waals surface area contributed by atoms with E-state index in [-0.39, 0.29) is 11.2 Å². The maximum Gasteiger partial charge on any atom is 0.459 e. The molecule has 0 radical (unpaired) electrons. The zero-order chi connectivity index (χ0) is 19.3. The molecule has 0 unspecified atom stereocenters. The van der Waals surface area contributed by atoms with Crippen LogP contribution in [0.15, 0.2) is 17.4 Å². The van der Waals surface area contributed by atoms with Gasteiger partial charge in [0.05, 0.1) is 6.33 Å². The Labute approximate surface area is 148 Å². The molecule has 140 valence electrons.